The van der Waals surface area contributed by atoms with Crippen LogP contribution < -0.4 is 11.1 Å². The molecule has 0 unspecified atom stereocenters. The Balaban J connectivity index is 1.86. The molecule has 3 aromatic rings. The van der Waals surface area contributed by atoms with E-state index in [9.17, 15) is 4.79 Å². The van der Waals surface area contributed by atoms with Crippen LogP contribution in [0.4, 0.5) is 11.6 Å². The van der Waals surface area contributed by atoms with Gasteiger partial charge in [-0.2, -0.15) is 0 Å². The molecule has 3 N–H and O–H groups in total. The second-order valence-electron chi connectivity index (χ2n) is 5.22. The predicted octanol–water partition coefficient (Wildman–Crippen LogP) is 3.59. The molecule has 25 heavy (non-hydrogen) atoms. The van der Waals surface area contributed by atoms with Crippen LogP contribution in [0.15, 0.2) is 65.9 Å². The number of carbonyl (C=O) groups excluding carboxylic acids is 1. The molecule has 0 aliphatic carbocycles. The van der Waals surface area contributed by atoms with Crippen LogP contribution >= 0.6 is 15.9 Å². The number of rotatable bonds is 5. The third-order valence-corrected chi connectivity index (χ3v) is 3.82. The van der Waals surface area contributed by atoms with Crippen LogP contribution in [0.1, 0.15) is 5.69 Å². The van der Waals surface area contributed by atoms with Crippen molar-refractivity contribution in [1.29, 1.82) is 0 Å². The van der Waals surface area contributed by atoms with E-state index in [1.807, 2.05) is 30.3 Å². The average molecular weight is 396 g/mol. The maximum atomic E-state index is 10.8. The molecule has 124 valence electrons. The summed E-state index contributed by atoms with van der Waals surface area (Å²) >= 11 is 3.42. The average Bonchev–Trinajstić information content (AvgIpc) is 2.59. The molecule has 2 heterocycles. The Morgan fingerprint density at radius 3 is 2.80 bits per heavy atom. The number of hydrogen-bond donors (Lipinski definition) is 2. The number of allylic oxidation sites excluding steroid dienone is 2. The van der Waals surface area contributed by atoms with Crippen LogP contribution in [0.2, 0.25) is 0 Å². The maximum Gasteiger partial charge on any atom is 0.241 e. The number of carbonyl (C=O) groups is 1. The van der Waals surface area contributed by atoms with Crippen molar-refractivity contribution >= 4 is 49.9 Å². The van der Waals surface area contributed by atoms with Crippen LogP contribution in [-0.4, -0.2) is 20.9 Å². The highest BCUT2D eigenvalue weighted by Crippen LogP contribution is 2.21. The zero-order valence-corrected chi connectivity index (χ0v) is 14.7. The van der Waals surface area contributed by atoms with E-state index in [0.717, 1.165) is 15.5 Å². The monoisotopic (exact) mass is 395 g/mol. The number of benzene rings is 1. The van der Waals surface area contributed by atoms with Gasteiger partial charge in [0, 0.05) is 27.8 Å². The number of hydrogen-bond acceptors (Lipinski definition) is 5. The number of nitrogens with zero attached hydrogens (tertiary/aromatic N) is 3. The summed E-state index contributed by atoms with van der Waals surface area (Å²) in [6, 6.07) is 9.54. The molecule has 1 aromatic carbocycles. The Kier molecular flexibility index (Phi) is 4.85. The number of halogens is 1. The van der Waals surface area contributed by atoms with Crippen LogP contribution in [0.3, 0.4) is 0 Å². The van der Waals surface area contributed by atoms with Crippen LogP contribution in [0.25, 0.3) is 16.5 Å². The van der Waals surface area contributed by atoms with Crippen LogP contribution in [-0.2, 0) is 4.79 Å². The molecule has 0 fully saturated rings. The largest absolute Gasteiger partial charge is 0.366 e. The summed E-state index contributed by atoms with van der Waals surface area (Å²) in [7, 11) is 0. The quantitative estimate of drug-likeness (QED) is 0.508. The molecule has 0 aliphatic heterocycles. The van der Waals surface area contributed by atoms with Crippen molar-refractivity contribution in [3.63, 3.8) is 0 Å². The topological polar surface area (TPSA) is 93.8 Å². The van der Waals surface area contributed by atoms with E-state index < -0.39 is 5.91 Å². The number of anilines is 2. The highest BCUT2D eigenvalue weighted by Gasteiger charge is 2.05. The van der Waals surface area contributed by atoms with Crippen molar-refractivity contribution < 1.29 is 4.79 Å². The predicted molar refractivity (Wildman–Crippen MR) is 102 cm³/mol. The standard InChI is InChI=1S/C18H14BrN5O/c1-11(5-6-17(20)25)15-7-12-9-22-18(24-16(12)10-21-15)23-14-4-2-3-13(19)8-14/h2-10H,1H2,(H2,20,25)(H,22,23,24). The molecule has 7 heteroatoms. The van der Waals surface area contributed by atoms with Gasteiger partial charge in [-0.25, -0.2) is 9.97 Å². The molecular weight excluding hydrogens is 382 g/mol. The third kappa shape index (κ3) is 4.27. The number of primary amides is 1. The summed E-state index contributed by atoms with van der Waals surface area (Å²) in [4.78, 5) is 23.9. The molecule has 0 spiro atoms. The van der Waals surface area contributed by atoms with Crippen molar-refractivity contribution in [3.05, 3.63) is 71.6 Å². The second-order valence-corrected chi connectivity index (χ2v) is 6.13. The van der Waals surface area contributed by atoms with Gasteiger partial charge in [-0.15, -0.1) is 0 Å². The Labute approximate surface area is 152 Å². The Morgan fingerprint density at radius 2 is 2.04 bits per heavy atom. The van der Waals surface area contributed by atoms with Gasteiger partial charge < -0.3 is 11.1 Å². The highest BCUT2D eigenvalue weighted by molar-refractivity contribution is 9.10. The summed E-state index contributed by atoms with van der Waals surface area (Å²) in [6.07, 6.45) is 6.12. The van der Waals surface area contributed by atoms with E-state index in [0.29, 0.717) is 22.7 Å². The van der Waals surface area contributed by atoms with E-state index in [1.54, 1.807) is 12.4 Å². The lowest BCUT2D eigenvalue weighted by Crippen LogP contribution is -2.05. The van der Waals surface area contributed by atoms with E-state index in [1.165, 1.54) is 12.2 Å². The van der Waals surface area contributed by atoms with Crippen molar-refractivity contribution in [2.45, 2.75) is 0 Å². The molecule has 1 amide bonds. The first kappa shape index (κ1) is 16.8. The fourth-order valence-electron chi connectivity index (χ4n) is 2.13. The Morgan fingerprint density at radius 1 is 1.20 bits per heavy atom. The van der Waals surface area contributed by atoms with E-state index in [4.69, 9.17) is 5.73 Å². The molecule has 6 nitrogen and oxygen atoms in total. The second kappa shape index (κ2) is 7.23. The fourth-order valence-corrected chi connectivity index (χ4v) is 2.53. The Bertz CT molecular complexity index is 1000. The first-order valence-electron chi connectivity index (χ1n) is 7.33. The lowest BCUT2D eigenvalue weighted by Gasteiger charge is -2.07. The summed E-state index contributed by atoms with van der Waals surface area (Å²) in [5.41, 5.74) is 7.86. The first-order valence-corrected chi connectivity index (χ1v) is 8.13. The smallest absolute Gasteiger partial charge is 0.241 e. The van der Waals surface area contributed by atoms with E-state index in [-0.39, 0.29) is 0 Å². The SMILES string of the molecule is C=C(C=CC(N)=O)c1cc2cnc(Nc3cccc(Br)c3)nc2cn1. The van der Waals surface area contributed by atoms with Crippen LogP contribution in [0, 0.1) is 0 Å². The fraction of sp³-hybridized carbons (Fsp3) is 0. The van der Waals surface area contributed by atoms with Crippen molar-refractivity contribution in [2.75, 3.05) is 5.32 Å². The van der Waals surface area contributed by atoms with E-state index >= 15 is 0 Å². The molecular formula is C18H14BrN5O. The number of aromatic nitrogens is 3. The summed E-state index contributed by atoms with van der Waals surface area (Å²) in [5, 5.41) is 3.96. The minimum Gasteiger partial charge on any atom is -0.366 e. The van der Waals surface area contributed by atoms with Gasteiger partial charge in [-0.1, -0.05) is 28.6 Å². The number of nitrogens with one attached hydrogen (secondary N) is 1. The zero-order chi connectivity index (χ0) is 17.8. The molecule has 0 aliphatic rings. The third-order valence-electron chi connectivity index (χ3n) is 3.32. The van der Waals surface area contributed by atoms with Gasteiger partial charge in [0.15, 0.2) is 0 Å². The van der Waals surface area contributed by atoms with Gasteiger partial charge in [-0.05, 0) is 35.9 Å². The van der Waals surface area contributed by atoms with Gasteiger partial charge in [0.2, 0.25) is 11.9 Å². The number of nitrogens with two attached hydrogens (primary N) is 1. The molecule has 0 radical (unpaired) electrons. The van der Waals surface area contributed by atoms with Crippen molar-refractivity contribution in [3.8, 4) is 0 Å². The minimum atomic E-state index is -0.534. The van der Waals surface area contributed by atoms with Gasteiger partial charge in [-0.3, -0.25) is 9.78 Å². The maximum absolute atomic E-state index is 10.8. The molecule has 0 saturated carbocycles. The van der Waals surface area contributed by atoms with E-state index in [2.05, 4.69) is 42.8 Å². The normalized spacial score (nSPS) is 10.9. The first-order chi connectivity index (χ1) is 12.0. The van der Waals surface area contributed by atoms with Crippen LogP contribution in [0.5, 0.6) is 0 Å². The van der Waals surface area contributed by atoms with Gasteiger partial charge in [0.1, 0.15) is 0 Å². The summed E-state index contributed by atoms with van der Waals surface area (Å²) < 4.78 is 0.965. The van der Waals surface area contributed by atoms with Gasteiger partial charge in [0.05, 0.1) is 17.4 Å². The number of pyridine rings is 1. The highest BCUT2D eigenvalue weighted by atomic mass is 79.9. The summed E-state index contributed by atoms with van der Waals surface area (Å²) in [6.45, 7) is 3.87. The van der Waals surface area contributed by atoms with Gasteiger partial charge in [0.25, 0.3) is 0 Å². The molecule has 2 aromatic heterocycles. The Hall–Kier alpha value is -3.06. The molecule has 0 atom stereocenters. The van der Waals surface area contributed by atoms with Crippen molar-refractivity contribution in [2.24, 2.45) is 5.73 Å². The zero-order valence-electron chi connectivity index (χ0n) is 13.1. The molecule has 0 bridgehead atoms. The van der Waals surface area contributed by atoms with Gasteiger partial charge >= 0.3 is 0 Å². The lowest BCUT2D eigenvalue weighted by molar-refractivity contribution is -0.113. The molecule has 0 saturated heterocycles. The minimum absolute atomic E-state index is 0.479. The lowest BCUT2D eigenvalue weighted by atomic mass is 10.1. The summed E-state index contributed by atoms with van der Waals surface area (Å²) in [5.74, 6) is -0.0545. The number of amides is 1. The molecule has 3 rings (SSSR count). The number of fused-ring (bicyclic) bond motifs is 1. The van der Waals surface area contributed by atoms with Crippen molar-refractivity contribution in [1.82, 2.24) is 15.0 Å².